The molecule has 0 bridgehead atoms. The molecule has 30 heavy (non-hydrogen) atoms. The fourth-order valence-corrected chi connectivity index (χ4v) is 4.22. The van der Waals surface area contributed by atoms with Crippen LogP contribution in [-0.2, 0) is 4.79 Å². The van der Waals surface area contributed by atoms with E-state index in [1.165, 1.54) is 12.1 Å². The zero-order valence-electron chi connectivity index (χ0n) is 16.1. The second kappa shape index (κ2) is 8.38. The lowest BCUT2D eigenvalue weighted by molar-refractivity contribution is -0.384. The smallest absolute Gasteiger partial charge is 0.269 e. The molecule has 0 radical (unpaired) electrons. The largest absolute Gasteiger partial charge is 0.300 e. The van der Waals surface area contributed by atoms with Crippen LogP contribution in [0.15, 0.2) is 87.7 Å². The van der Waals surface area contributed by atoms with Crippen molar-refractivity contribution >= 4 is 40.4 Å². The molecule has 1 amide bonds. The minimum atomic E-state index is -0.445. The van der Waals surface area contributed by atoms with E-state index in [2.05, 4.69) is 10.5 Å². The molecular formula is C22H18N4O3S. The average Bonchev–Trinajstić information content (AvgIpc) is 2.77. The highest BCUT2D eigenvalue weighted by molar-refractivity contribution is 7.99. The van der Waals surface area contributed by atoms with E-state index in [1.807, 2.05) is 48.5 Å². The average molecular weight is 418 g/mol. The highest BCUT2D eigenvalue weighted by atomic mass is 32.2. The summed E-state index contributed by atoms with van der Waals surface area (Å²) in [4.78, 5) is 27.2. The van der Waals surface area contributed by atoms with Gasteiger partial charge in [0, 0.05) is 21.9 Å². The summed E-state index contributed by atoms with van der Waals surface area (Å²) in [7, 11) is 0. The number of nitro groups is 1. The highest BCUT2D eigenvalue weighted by Crippen LogP contribution is 2.47. The maximum Gasteiger partial charge on any atom is 0.269 e. The minimum Gasteiger partial charge on any atom is -0.300 e. The lowest BCUT2D eigenvalue weighted by Crippen LogP contribution is -2.35. The van der Waals surface area contributed by atoms with Crippen LogP contribution in [0.1, 0.15) is 12.5 Å². The number of anilines is 2. The number of nitrogens with one attached hydrogen (secondary N) is 1. The molecule has 0 aromatic heterocycles. The SMILES string of the molecule is C/C(=N\NCC(=O)N1c2ccccc2Sc2ccccc21)c1ccc([N+](=O)[O-])cc1. The molecule has 4 rings (SSSR count). The van der Waals surface area contributed by atoms with Gasteiger partial charge in [-0.2, -0.15) is 5.10 Å². The summed E-state index contributed by atoms with van der Waals surface area (Å²) in [6.45, 7) is 1.79. The second-order valence-electron chi connectivity index (χ2n) is 6.60. The number of para-hydroxylation sites is 2. The fraction of sp³-hybridized carbons (Fsp3) is 0.0909. The third-order valence-electron chi connectivity index (χ3n) is 4.65. The molecule has 0 atom stereocenters. The maximum atomic E-state index is 13.1. The molecule has 1 N–H and O–H groups in total. The number of benzene rings is 3. The van der Waals surface area contributed by atoms with Crippen molar-refractivity contribution in [3.63, 3.8) is 0 Å². The van der Waals surface area contributed by atoms with Gasteiger partial charge in [-0.25, -0.2) is 0 Å². The molecule has 3 aromatic carbocycles. The Morgan fingerprint density at radius 2 is 1.57 bits per heavy atom. The van der Waals surface area contributed by atoms with Gasteiger partial charge in [0.25, 0.3) is 11.6 Å². The van der Waals surface area contributed by atoms with Crippen molar-refractivity contribution in [2.24, 2.45) is 5.10 Å². The van der Waals surface area contributed by atoms with Crippen molar-refractivity contribution in [2.75, 3.05) is 11.4 Å². The first-order valence-electron chi connectivity index (χ1n) is 9.25. The molecule has 8 heteroatoms. The van der Waals surface area contributed by atoms with E-state index < -0.39 is 4.92 Å². The Morgan fingerprint density at radius 3 is 2.13 bits per heavy atom. The molecule has 150 valence electrons. The fourth-order valence-electron chi connectivity index (χ4n) is 3.17. The van der Waals surface area contributed by atoms with Crippen molar-refractivity contribution in [3.8, 4) is 0 Å². The zero-order valence-corrected chi connectivity index (χ0v) is 16.9. The molecule has 7 nitrogen and oxygen atoms in total. The number of hydrogen-bond donors (Lipinski definition) is 1. The van der Waals surface area contributed by atoms with Gasteiger partial charge in [0.15, 0.2) is 0 Å². The molecule has 0 saturated heterocycles. The van der Waals surface area contributed by atoms with E-state index in [0.717, 1.165) is 26.7 Å². The first-order chi connectivity index (χ1) is 14.5. The molecular weight excluding hydrogens is 400 g/mol. The number of hydrazone groups is 1. The third kappa shape index (κ3) is 3.90. The van der Waals surface area contributed by atoms with Gasteiger partial charge in [-0.1, -0.05) is 36.0 Å². The van der Waals surface area contributed by atoms with Crippen molar-refractivity contribution in [2.45, 2.75) is 16.7 Å². The maximum absolute atomic E-state index is 13.1. The highest BCUT2D eigenvalue weighted by Gasteiger charge is 2.27. The van der Waals surface area contributed by atoms with Crippen LogP contribution < -0.4 is 10.3 Å². The number of rotatable bonds is 5. The van der Waals surface area contributed by atoms with Gasteiger partial charge in [-0.15, -0.1) is 0 Å². The number of nitrogens with zero attached hydrogens (tertiary/aromatic N) is 3. The van der Waals surface area contributed by atoms with Crippen LogP contribution in [0.4, 0.5) is 17.1 Å². The summed E-state index contributed by atoms with van der Waals surface area (Å²) in [6.07, 6.45) is 0. The normalized spacial score (nSPS) is 12.7. The van der Waals surface area contributed by atoms with Gasteiger partial charge < -0.3 is 5.43 Å². The van der Waals surface area contributed by atoms with Crippen LogP contribution in [0.2, 0.25) is 0 Å². The molecule has 0 unspecified atom stereocenters. The lowest BCUT2D eigenvalue weighted by Gasteiger charge is -2.30. The number of hydrogen-bond acceptors (Lipinski definition) is 6. The van der Waals surface area contributed by atoms with E-state index in [-0.39, 0.29) is 18.1 Å². The van der Waals surface area contributed by atoms with E-state index in [4.69, 9.17) is 0 Å². The van der Waals surface area contributed by atoms with E-state index >= 15 is 0 Å². The summed E-state index contributed by atoms with van der Waals surface area (Å²) in [5.41, 5.74) is 5.93. The Balaban J connectivity index is 1.50. The van der Waals surface area contributed by atoms with E-state index in [9.17, 15) is 14.9 Å². The van der Waals surface area contributed by atoms with Gasteiger partial charge in [0.2, 0.25) is 0 Å². The number of amides is 1. The standard InChI is InChI=1S/C22H18N4O3S/c1-15(16-10-12-17(13-11-16)26(28)29)24-23-14-22(27)25-18-6-2-4-8-20(18)30-21-9-5-3-7-19(21)25/h2-13,23H,14H2,1H3/b24-15+. The van der Waals surface area contributed by atoms with Gasteiger partial charge in [-0.3, -0.25) is 19.8 Å². The van der Waals surface area contributed by atoms with Crippen LogP contribution in [0.25, 0.3) is 0 Å². The molecule has 0 fully saturated rings. The number of carbonyl (C=O) groups excluding carboxylic acids is 1. The monoisotopic (exact) mass is 418 g/mol. The van der Waals surface area contributed by atoms with Crippen molar-refractivity contribution in [1.29, 1.82) is 0 Å². The van der Waals surface area contributed by atoms with E-state index in [1.54, 1.807) is 35.7 Å². The summed E-state index contributed by atoms with van der Waals surface area (Å²) in [5.74, 6) is -0.129. The lowest BCUT2D eigenvalue weighted by atomic mass is 10.1. The topological polar surface area (TPSA) is 87.8 Å². The number of fused-ring (bicyclic) bond motifs is 2. The molecule has 0 aliphatic carbocycles. The first-order valence-corrected chi connectivity index (χ1v) is 10.1. The zero-order chi connectivity index (χ0) is 21.1. The van der Waals surface area contributed by atoms with Crippen LogP contribution in [0, 0.1) is 10.1 Å². The molecule has 1 aliphatic rings. The first kappa shape index (κ1) is 19.7. The number of nitro benzene ring substituents is 1. The number of non-ortho nitro benzene ring substituents is 1. The summed E-state index contributed by atoms with van der Waals surface area (Å²) < 4.78 is 0. The van der Waals surface area contributed by atoms with Gasteiger partial charge in [-0.05, 0) is 48.9 Å². The summed E-state index contributed by atoms with van der Waals surface area (Å²) in [5, 5.41) is 15.0. The van der Waals surface area contributed by atoms with Crippen molar-refractivity contribution < 1.29 is 9.72 Å². The van der Waals surface area contributed by atoms with Gasteiger partial charge >= 0.3 is 0 Å². The molecule has 0 spiro atoms. The predicted octanol–water partition coefficient (Wildman–Crippen LogP) is 4.74. The quantitative estimate of drug-likeness (QED) is 0.367. The van der Waals surface area contributed by atoms with Crippen LogP contribution in [0.3, 0.4) is 0 Å². The Hall–Kier alpha value is -3.65. The number of carbonyl (C=O) groups is 1. The Kier molecular flexibility index (Phi) is 5.49. The predicted molar refractivity (Wildman–Crippen MR) is 117 cm³/mol. The van der Waals surface area contributed by atoms with Gasteiger partial charge in [0.05, 0.1) is 22.0 Å². The molecule has 1 aliphatic heterocycles. The van der Waals surface area contributed by atoms with Crippen molar-refractivity contribution in [3.05, 3.63) is 88.5 Å². The van der Waals surface area contributed by atoms with Crippen molar-refractivity contribution in [1.82, 2.24) is 5.43 Å². The van der Waals surface area contributed by atoms with Crippen LogP contribution >= 0.6 is 11.8 Å². The Bertz CT molecular complexity index is 1100. The molecule has 0 saturated carbocycles. The Morgan fingerprint density at radius 1 is 1.00 bits per heavy atom. The van der Waals surface area contributed by atoms with Crippen LogP contribution in [0.5, 0.6) is 0 Å². The van der Waals surface area contributed by atoms with E-state index in [0.29, 0.717) is 5.71 Å². The third-order valence-corrected chi connectivity index (χ3v) is 5.78. The Labute approximate surface area is 177 Å². The molecule has 1 heterocycles. The molecule has 3 aromatic rings. The summed E-state index contributed by atoms with van der Waals surface area (Å²) in [6, 6.07) is 21.7. The second-order valence-corrected chi connectivity index (χ2v) is 7.69. The van der Waals surface area contributed by atoms with Gasteiger partial charge in [0.1, 0.15) is 6.54 Å². The summed E-state index contributed by atoms with van der Waals surface area (Å²) >= 11 is 1.64. The van der Waals surface area contributed by atoms with Crippen LogP contribution in [-0.4, -0.2) is 23.1 Å². The minimum absolute atomic E-state index is 0.0116.